The molecule has 2 aromatic rings. The van der Waals surface area contributed by atoms with Crippen LogP contribution in [0.1, 0.15) is 39.1 Å². The Morgan fingerprint density at radius 1 is 0.926 bits per heavy atom. The average molecular weight is 362 g/mol. The number of piperidine rings is 1. The molecule has 0 spiro atoms. The highest BCUT2D eigenvalue weighted by molar-refractivity contribution is 6.22. The maximum atomic E-state index is 12.9. The van der Waals surface area contributed by atoms with Gasteiger partial charge in [-0.25, -0.2) is 0 Å². The first-order valence-electron chi connectivity index (χ1n) is 9.26. The van der Waals surface area contributed by atoms with Crippen LogP contribution >= 0.6 is 0 Å². The van der Waals surface area contributed by atoms with Crippen molar-refractivity contribution in [2.75, 3.05) is 27.2 Å². The van der Waals surface area contributed by atoms with E-state index in [0.717, 1.165) is 11.1 Å². The molecule has 0 N–H and O–H groups in total. The molecule has 1 heterocycles. The van der Waals surface area contributed by atoms with Gasteiger partial charge in [0, 0.05) is 49.8 Å². The molecule has 4 rings (SSSR count). The molecule has 5 heteroatoms. The summed E-state index contributed by atoms with van der Waals surface area (Å²) >= 11 is 0. The summed E-state index contributed by atoms with van der Waals surface area (Å²) < 4.78 is 0. The van der Waals surface area contributed by atoms with E-state index >= 15 is 0 Å². The van der Waals surface area contributed by atoms with Gasteiger partial charge >= 0.3 is 0 Å². The Kier molecular flexibility index (Phi) is 4.30. The minimum atomic E-state index is -0.0719. The quantitative estimate of drug-likeness (QED) is 0.704. The van der Waals surface area contributed by atoms with E-state index < -0.39 is 0 Å². The predicted octanol–water partition coefficient (Wildman–Crippen LogP) is 2.84. The molecule has 1 fully saturated rings. The van der Waals surface area contributed by atoms with Gasteiger partial charge in [0.05, 0.1) is 0 Å². The normalized spacial score (nSPS) is 16.1. The standard InChI is InChI=1S/C22H22N2O3/c1-23(2)21(26)14-9-11-24(12-10-14)22(27)15-7-8-17-16-5-3-4-6-18(16)20(25)19(17)13-15/h3-8,13-14H,9-12H2,1-2H3. The molecule has 138 valence electrons. The number of hydrogen-bond acceptors (Lipinski definition) is 3. The lowest BCUT2D eigenvalue weighted by molar-refractivity contribution is -0.134. The van der Waals surface area contributed by atoms with Crippen LogP contribution < -0.4 is 0 Å². The first-order valence-corrected chi connectivity index (χ1v) is 9.26. The molecule has 0 unspecified atom stereocenters. The predicted molar refractivity (Wildman–Crippen MR) is 103 cm³/mol. The third kappa shape index (κ3) is 2.93. The van der Waals surface area contributed by atoms with Crippen molar-refractivity contribution in [1.82, 2.24) is 9.80 Å². The Balaban J connectivity index is 1.52. The highest BCUT2D eigenvalue weighted by atomic mass is 16.2. The molecule has 0 bridgehead atoms. The average Bonchev–Trinajstić information content (AvgIpc) is 2.99. The van der Waals surface area contributed by atoms with E-state index in [4.69, 9.17) is 0 Å². The summed E-state index contributed by atoms with van der Waals surface area (Å²) in [5.74, 6) is 0.0194. The van der Waals surface area contributed by atoms with Crippen molar-refractivity contribution in [2.24, 2.45) is 5.92 Å². The molecule has 2 aromatic carbocycles. The molecule has 0 aromatic heterocycles. The first kappa shape index (κ1) is 17.5. The van der Waals surface area contributed by atoms with Gasteiger partial charge in [-0.2, -0.15) is 0 Å². The van der Waals surface area contributed by atoms with Crippen molar-refractivity contribution in [2.45, 2.75) is 12.8 Å². The fourth-order valence-electron chi connectivity index (χ4n) is 4.04. The van der Waals surface area contributed by atoms with Gasteiger partial charge in [-0.15, -0.1) is 0 Å². The van der Waals surface area contributed by atoms with Gasteiger partial charge in [-0.05, 0) is 36.1 Å². The molecule has 27 heavy (non-hydrogen) atoms. The largest absolute Gasteiger partial charge is 0.349 e. The summed E-state index contributed by atoms with van der Waals surface area (Å²) in [5.41, 5.74) is 3.65. The number of ketones is 1. The number of carbonyl (C=O) groups is 3. The van der Waals surface area contributed by atoms with Crippen molar-refractivity contribution in [1.29, 1.82) is 0 Å². The molecule has 1 aliphatic heterocycles. The topological polar surface area (TPSA) is 57.7 Å². The van der Waals surface area contributed by atoms with E-state index in [1.165, 1.54) is 0 Å². The zero-order valence-electron chi connectivity index (χ0n) is 15.6. The van der Waals surface area contributed by atoms with Gasteiger partial charge in [0.25, 0.3) is 5.91 Å². The van der Waals surface area contributed by atoms with Gasteiger partial charge in [0.1, 0.15) is 0 Å². The summed E-state index contributed by atoms with van der Waals surface area (Å²) in [5, 5.41) is 0. The Morgan fingerprint density at radius 3 is 2.22 bits per heavy atom. The monoisotopic (exact) mass is 362 g/mol. The lowest BCUT2D eigenvalue weighted by Crippen LogP contribution is -2.42. The van der Waals surface area contributed by atoms with Crippen LogP contribution in [0.3, 0.4) is 0 Å². The SMILES string of the molecule is CN(C)C(=O)C1CCN(C(=O)c2ccc3c(c2)C(=O)c2ccccc2-3)CC1. The molecule has 0 atom stereocenters. The van der Waals surface area contributed by atoms with Crippen LogP contribution in [-0.2, 0) is 4.79 Å². The Hall–Kier alpha value is -2.95. The Morgan fingerprint density at radius 2 is 1.56 bits per heavy atom. The number of carbonyl (C=O) groups excluding carboxylic acids is 3. The van der Waals surface area contributed by atoms with E-state index in [1.807, 2.05) is 30.3 Å². The van der Waals surface area contributed by atoms with Crippen LogP contribution in [0, 0.1) is 5.92 Å². The van der Waals surface area contributed by atoms with Crippen molar-refractivity contribution in [3.63, 3.8) is 0 Å². The summed E-state index contributed by atoms with van der Waals surface area (Å²) in [6, 6.07) is 12.9. The summed E-state index contributed by atoms with van der Waals surface area (Å²) in [6.07, 6.45) is 1.36. The van der Waals surface area contributed by atoms with Crippen molar-refractivity contribution in [3.8, 4) is 11.1 Å². The van der Waals surface area contributed by atoms with Crippen LogP contribution in [-0.4, -0.2) is 54.6 Å². The van der Waals surface area contributed by atoms with E-state index in [9.17, 15) is 14.4 Å². The number of benzene rings is 2. The zero-order valence-corrected chi connectivity index (χ0v) is 15.6. The minimum Gasteiger partial charge on any atom is -0.349 e. The molecule has 2 amide bonds. The van der Waals surface area contributed by atoms with Gasteiger partial charge in [0.15, 0.2) is 5.78 Å². The molecule has 0 radical (unpaired) electrons. The molecule has 0 saturated carbocycles. The van der Waals surface area contributed by atoms with Crippen LogP contribution in [0.5, 0.6) is 0 Å². The van der Waals surface area contributed by atoms with E-state index in [1.54, 1.807) is 36.0 Å². The number of amides is 2. The van der Waals surface area contributed by atoms with Crippen LogP contribution in [0.25, 0.3) is 11.1 Å². The highest BCUT2D eigenvalue weighted by Gasteiger charge is 2.31. The van der Waals surface area contributed by atoms with Crippen LogP contribution in [0.15, 0.2) is 42.5 Å². The van der Waals surface area contributed by atoms with Gasteiger partial charge in [0.2, 0.25) is 5.91 Å². The number of hydrogen-bond donors (Lipinski definition) is 0. The highest BCUT2D eigenvalue weighted by Crippen LogP contribution is 2.37. The van der Waals surface area contributed by atoms with Gasteiger partial charge < -0.3 is 9.80 Å². The van der Waals surface area contributed by atoms with E-state index in [2.05, 4.69) is 0 Å². The minimum absolute atomic E-state index is 0.0138. The summed E-state index contributed by atoms with van der Waals surface area (Å²) in [7, 11) is 3.53. The third-order valence-corrected chi connectivity index (χ3v) is 5.55. The number of rotatable bonds is 2. The van der Waals surface area contributed by atoms with Crippen molar-refractivity contribution in [3.05, 3.63) is 59.2 Å². The Bertz CT molecular complexity index is 940. The Labute approximate surface area is 158 Å². The molecular formula is C22H22N2O3. The molecule has 5 nitrogen and oxygen atoms in total. The van der Waals surface area contributed by atoms with E-state index in [0.29, 0.717) is 42.6 Å². The van der Waals surface area contributed by atoms with Crippen LogP contribution in [0.2, 0.25) is 0 Å². The second-order valence-corrected chi connectivity index (χ2v) is 7.43. The molecule has 1 aliphatic carbocycles. The maximum absolute atomic E-state index is 12.9. The number of likely N-dealkylation sites (tertiary alicyclic amines) is 1. The lowest BCUT2D eigenvalue weighted by atomic mass is 9.94. The zero-order chi connectivity index (χ0) is 19.1. The van der Waals surface area contributed by atoms with Crippen LogP contribution in [0.4, 0.5) is 0 Å². The van der Waals surface area contributed by atoms with E-state index in [-0.39, 0.29) is 23.5 Å². The summed E-state index contributed by atoms with van der Waals surface area (Å²) in [4.78, 5) is 41.1. The van der Waals surface area contributed by atoms with Gasteiger partial charge in [-0.3, -0.25) is 14.4 Å². The third-order valence-electron chi connectivity index (χ3n) is 5.55. The molecule has 1 saturated heterocycles. The van der Waals surface area contributed by atoms with Gasteiger partial charge in [-0.1, -0.05) is 30.3 Å². The first-order chi connectivity index (χ1) is 13.0. The van der Waals surface area contributed by atoms with Crippen molar-refractivity contribution < 1.29 is 14.4 Å². The number of fused-ring (bicyclic) bond motifs is 3. The molecular weight excluding hydrogens is 340 g/mol. The summed E-state index contributed by atoms with van der Waals surface area (Å²) in [6.45, 7) is 1.13. The lowest BCUT2D eigenvalue weighted by Gasteiger charge is -2.32. The maximum Gasteiger partial charge on any atom is 0.253 e. The number of nitrogens with zero attached hydrogens (tertiary/aromatic N) is 2. The fourth-order valence-corrected chi connectivity index (χ4v) is 4.04. The van der Waals surface area contributed by atoms with Crippen molar-refractivity contribution >= 4 is 17.6 Å². The second kappa shape index (κ2) is 6.65. The smallest absolute Gasteiger partial charge is 0.253 e. The molecule has 2 aliphatic rings. The fraction of sp³-hybridized carbons (Fsp3) is 0.318. The second-order valence-electron chi connectivity index (χ2n) is 7.43.